The van der Waals surface area contributed by atoms with Gasteiger partial charge in [-0.1, -0.05) is 12.1 Å². The van der Waals surface area contributed by atoms with Gasteiger partial charge in [0.1, 0.15) is 0 Å². The van der Waals surface area contributed by atoms with Crippen LogP contribution in [-0.2, 0) is 16.0 Å². The first-order valence-corrected chi connectivity index (χ1v) is 5.02. The zero-order valence-electron chi connectivity index (χ0n) is 8.80. The number of carbonyl (C=O) groups is 1. The van der Waals surface area contributed by atoms with Crippen LogP contribution in [-0.4, -0.2) is 18.0 Å². The van der Waals surface area contributed by atoms with Gasteiger partial charge < -0.3 is 4.74 Å². The fraction of sp³-hybridized carbons (Fsp3) is 0.364. The van der Waals surface area contributed by atoms with Gasteiger partial charge in [-0.05, 0) is 24.8 Å². The summed E-state index contributed by atoms with van der Waals surface area (Å²) in [5.41, 5.74) is 1.16. The highest BCUT2D eigenvalue weighted by Crippen LogP contribution is 2.13. The van der Waals surface area contributed by atoms with E-state index in [0.717, 1.165) is 24.8 Å². The molecular weight excluding hydrogens is 210 g/mol. The number of unbranched alkanes of at least 4 members (excludes halogenated alkanes) is 1. The van der Waals surface area contributed by atoms with Crippen LogP contribution in [0, 0.1) is 10.1 Å². The van der Waals surface area contributed by atoms with Crippen LogP contribution in [0.3, 0.4) is 0 Å². The van der Waals surface area contributed by atoms with Gasteiger partial charge in [0, 0.05) is 12.1 Å². The Labute approximate surface area is 93.2 Å². The minimum atomic E-state index is -0.415. The third-order valence-electron chi connectivity index (χ3n) is 2.19. The maximum Gasteiger partial charge on any atom is 0.293 e. The number of aryl methyl sites for hydroxylation is 1. The van der Waals surface area contributed by atoms with Crippen LogP contribution < -0.4 is 0 Å². The smallest absolute Gasteiger partial charge is 0.293 e. The van der Waals surface area contributed by atoms with Crippen molar-refractivity contribution in [1.29, 1.82) is 0 Å². The van der Waals surface area contributed by atoms with E-state index in [-0.39, 0.29) is 5.69 Å². The van der Waals surface area contributed by atoms with E-state index in [1.165, 1.54) is 12.1 Å². The summed E-state index contributed by atoms with van der Waals surface area (Å²) >= 11 is 0. The van der Waals surface area contributed by atoms with Crippen molar-refractivity contribution in [3.05, 3.63) is 39.9 Å². The maximum absolute atomic E-state index is 10.4. The molecule has 0 aliphatic rings. The number of rotatable bonds is 7. The monoisotopic (exact) mass is 223 g/mol. The van der Waals surface area contributed by atoms with Gasteiger partial charge >= 0.3 is 0 Å². The molecule has 0 amide bonds. The van der Waals surface area contributed by atoms with Gasteiger partial charge in [0.2, 0.25) is 0 Å². The molecule has 0 spiro atoms. The highest BCUT2D eigenvalue weighted by Gasteiger charge is 2.03. The quantitative estimate of drug-likeness (QED) is 0.307. The average Bonchev–Trinajstić information content (AvgIpc) is 2.29. The third-order valence-corrected chi connectivity index (χ3v) is 2.19. The first kappa shape index (κ1) is 12.2. The number of nitrogens with zero attached hydrogens (tertiary/aromatic N) is 1. The van der Waals surface area contributed by atoms with Gasteiger partial charge in [0.15, 0.2) is 0 Å². The minimum Gasteiger partial charge on any atom is -0.468 e. The molecule has 0 heterocycles. The number of nitro benzene ring substituents is 1. The molecule has 86 valence electrons. The van der Waals surface area contributed by atoms with Crippen molar-refractivity contribution in [2.45, 2.75) is 19.3 Å². The minimum absolute atomic E-state index is 0.105. The molecule has 0 saturated heterocycles. The maximum atomic E-state index is 10.4. The molecule has 1 rings (SSSR count). The highest BCUT2D eigenvalue weighted by atomic mass is 16.6. The van der Waals surface area contributed by atoms with Crippen molar-refractivity contribution in [3.8, 4) is 0 Å². The molecule has 0 aliphatic carbocycles. The topological polar surface area (TPSA) is 69.4 Å². The van der Waals surface area contributed by atoms with E-state index in [1.807, 2.05) is 0 Å². The summed E-state index contributed by atoms with van der Waals surface area (Å²) in [6.07, 6.45) is 2.53. The first-order valence-electron chi connectivity index (χ1n) is 5.02. The number of ether oxygens (including phenoxy) is 1. The van der Waals surface area contributed by atoms with E-state index in [9.17, 15) is 14.9 Å². The molecule has 5 heteroatoms. The van der Waals surface area contributed by atoms with Gasteiger partial charge in [-0.25, -0.2) is 0 Å². The number of carbonyl (C=O) groups excluding carboxylic acids is 1. The zero-order chi connectivity index (χ0) is 11.8. The Morgan fingerprint density at radius 3 is 2.50 bits per heavy atom. The van der Waals surface area contributed by atoms with Crippen LogP contribution >= 0.6 is 0 Å². The van der Waals surface area contributed by atoms with Crippen molar-refractivity contribution in [1.82, 2.24) is 0 Å². The molecule has 1 aromatic carbocycles. The van der Waals surface area contributed by atoms with E-state index in [2.05, 4.69) is 4.74 Å². The molecule has 0 atom stereocenters. The van der Waals surface area contributed by atoms with Crippen molar-refractivity contribution >= 4 is 12.2 Å². The summed E-state index contributed by atoms with van der Waals surface area (Å²) in [5, 5.41) is 10.4. The van der Waals surface area contributed by atoms with Crippen molar-refractivity contribution in [3.63, 3.8) is 0 Å². The lowest BCUT2D eigenvalue weighted by Crippen LogP contribution is -1.94. The van der Waals surface area contributed by atoms with Crippen LogP contribution in [0.25, 0.3) is 0 Å². The number of benzene rings is 1. The number of nitro groups is 1. The van der Waals surface area contributed by atoms with E-state index < -0.39 is 4.92 Å². The van der Waals surface area contributed by atoms with Gasteiger partial charge in [-0.3, -0.25) is 14.9 Å². The Bertz CT molecular complexity index is 348. The number of hydrogen-bond donors (Lipinski definition) is 0. The first-order chi connectivity index (χ1) is 7.74. The van der Waals surface area contributed by atoms with Gasteiger partial charge in [0.25, 0.3) is 12.2 Å². The average molecular weight is 223 g/mol. The zero-order valence-corrected chi connectivity index (χ0v) is 8.80. The summed E-state index contributed by atoms with van der Waals surface area (Å²) in [7, 11) is 0. The predicted octanol–water partition coefficient (Wildman–Crippen LogP) is 2.09. The molecule has 0 saturated carbocycles. The molecule has 0 fully saturated rings. The van der Waals surface area contributed by atoms with Crippen molar-refractivity contribution < 1.29 is 14.5 Å². The predicted molar refractivity (Wildman–Crippen MR) is 58.1 cm³/mol. The van der Waals surface area contributed by atoms with E-state index in [1.54, 1.807) is 12.1 Å². The Kier molecular flexibility index (Phi) is 4.98. The van der Waals surface area contributed by atoms with Crippen molar-refractivity contribution in [2.24, 2.45) is 0 Å². The Hall–Kier alpha value is -1.91. The summed E-state index contributed by atoms with van der Waals surface area (Å²) < 4.78 is 4.55. The molecule has 0 bridgehead atoms. The fourth-order valence-corrected chi connectivity index (χ4v) is 1.35. The normalized spacial score (nSPS) is 9.75. The summed E-state index contributed by atoms with van der Waals surface area (Å²) in [6, 6.07) is 6.49. The summed E-state index contributed by atoms with van der Waals surface area (Å²) in [5.74, 6) is 0. The fourth-order valence-electron chi connectivity index (χ4n) is 1.35. The van der Waals surface area contributed by atoms with Gasteiger partial charge in [-0.15, -0.1) is 0 Å². The van der Waals surface area contributed by atoms with Crippen LogP contribution in [0.5, 0.6) is 0 Å². The largest absolute Gasteiger partial charge is 0.468 e. The molecule has 0 unspecified atom stereocenters. The Morgan fingerprint density at radius 1 is 1.25 bits per heavy atom. The highest BCUT2D eigenvalue weighted by molar-refractivity contribution is 5.36. The molecule has 5 nitrogen and oxygen atoms in total. The second-order valence-corrected chi connectivity index (χ2v) is 3.35. The van der Waals surface area contributed by atoms with Gasteiger partial charge in [-0.2, -0.15) is 0 Å². The molecular formula is C11H13NO4. The van der Waals surface area contributed by atoms with Crippen LogP contribution in [0.15, 0.2) is 24.3 Å². The third kappa shape index (κ3) is 4.08. The molecule has 0 aromatic heterocycles. The van der Waals surface area contributed by atoms with Crippen LogP contribution in [0.1, 0.15) is 18.4 Å². The van der Waals surface area contributed by atoms with Crippen molar-refractivity contribution in [2.75, 3.05) is 6.61 Å². The molecule has 0 radical (unpaired) electrons. The number of hydrogen-bond acceptors (Lipinski definition) is 4. The molecule has 0 N–H and O–H groups in total. The SMILES string of the molecule is O=COCCCCc1ccc([N+](=O)[O-])cc1. The molecule has 0 aliphatic heterocycles. The van der Waals surface area contributed by atoms with Gasteiger partial charge in [0.05, 0.1) is 11.5 Å². The lowest BCUT2D eigenvalue weighted by atomic mass is 10.1. The summed E-state index contributed by atoms with van der Waals surface area (Å²) in [4.78, 5) is 19.8. The number of non-ortho nitro benzene ring substituents is 1. The Balaban J connectivity index is 2.32. The van der Waals surface area contributed by atoms with E-state index in [0.29, 0.717) is 13.1 Å². The van der Waals surface area contributed by atoms with E-state index in [4.69, 9.17) is 0 Å². The standard InChI is InChI=1S/C11H13NO4/c13-9-16-8-2-1-3-10-4-6-11(7-5-10)12(14)15/h4-7,9H,1-3,8H2. The van der Waals surface area contributed by atoms with Crippen LogP contribution in [0.4, 0.5) is 5.69 Å². The second-order valence-electron chi connectivity index (χ2n) is 3.35. The van der Waals surface area contributed by atoms with E-state index >= 15 is 0 Å². The lowest BCUT2D eigenvalue weighted by molar-refractivity contribution is -0.384. The lowest BCUT2D eigenvalue weighted by Gasteiger charge is -2.00. The second kappa shape index (κ2) is 6.55. The Morgan fingerprint density at radius 2 is 1.94 bits per heavy atom. The van der Waals surface area contributed by atoms with Crippen LogP contribution in [0.2, 0.25) is 0 Å². The summed E-state index contributed by atoms with van der Waals surface area (Å²) in [6.45, 7) is 0.863. The molecule has 1 aromatic rings. The molecule has 16 heavy (non-hydrogen) atoms.